The normalized spacial score (nSPS) is 13.1. The number of hydrogen-bond acceptors (Lipinski definition) is 13. The van der Waals surface area contributed by atoms with E-state index in [1.807, 2.05) is 99.6 Å². The maximum Gasteiger partial charge on any atom is 0.344 e. The van der Waals surface area contributed by atoms with Gasteiger partial charge in [-0.15, -0.1) is 0 Å². The van der Waals surface area contributed by atoms with Crippen LogP contribution in [-0.2, 0) is 75.3 Å². The van der Waals surface area contributed by atoms with Crippen molar-refractivity contribution in [1.29, 1.82) is 0 Å². The summed E-state index contributed by atoms with van der Waals surface area (Å²) in [6.07, 6.45) is 0.931. The molecule has 0 fully saturated rings. The van der Waals surface area contributed by atoms with Crippen LogP contribution in [0.5, 0.6) is 23.0 Å². The van der Waals surface area contributed by atoms with Gasteiger partial charge in [-0.05, 0) is 184 Å². The van der Waals surface area contributed by atoms with Crippen molar-refractivity contribution in [1.82, 2.24) is 4.98 Å². The van der Waals surface area contributed by atoms with E-state index in [1.54, 1.807) is 0 Å². The minimum atomic E-state index is -0.784. The molecular weight excluding hydrogens is 1130 g/mol. The van der Waals surface area contributed by atoms with Crippen LogP contribution in [0.1, 0.15) is 198 Å². The number of nitrogens with zero attached hydrogens (tertiary/aromatic N) is 1. The third-order valence-electron chi connectivity index (χ3n) is 15.1. The van der Waals surface area contributed by atoms with Crippen LogP contribution in [0.4, 0.5) is 11.4 Å². The topological polar surface area (TPSA) is 170 Å². The Balaban J connectivity index is 1.38. The number of amides is 1. The lowest BCUT2D eigenvalue weighted by molar-refractivity contribution is -0.158. The highest BCUT2D eigenvalue weighted by Gasteiger charge is 2.31. The van der Waals surface area contributed by atoms with Gasteiger partial charge in [-0.1, -0.05) is 129 Å². The fourth-order valence-electron chi connectivity index (χ4n) is 11.2. The Morgan fingerprint density at radius 1 is 0.400 bits per heavy atom. The number of esters is 3. The fourth-order valence-corrected chi connectivity index (χ4v) is 11.2. The molecule has 0 radical (unpaired) electrons. The molecule has 480 valence electrons. The lowest BCUT2D eigenvalue weighted by atomic mass is 9.80. The average molecular weight is 1230 g/mol. The predicted molar refractivity (Wildman–Crippen MR) is 359 cm³/mol. The van der Waals surface area contributed by atoms with Crippen LogP contribution in [0.3, 0.4) is 0 Å². The largest absolute Gasteiger partial charge is 0.483 e. The van der Waals surface area contributed by atoms with Crippen LogP contribution in [0.25, 0.3) is 21.8 Å². The number of nitrogens with one attached hydrogen (secondary N) is 2. The minimum absolute atomic E-state index is 0.227. The zero-order chi connectivity index (χ0) is 66.1. The summed E-state index contributed by atoms with van der Waals surface area (Å²) < 4.78 is 45.1. The molecule has 2 N–H and O–H groups in total. The van der Waals surface area contributed by atoms with Gasteiger partial charge >= 0.3 is 17.9 Å². The fraction of sp³-hybridized carbons (Fsp3) is 0.461. The number of pyridine rings is 1. The first kappa shape index (κ1) is 67.8. The summed E-state index contributed by atoms with van der Waals surface area (Å²) in [6.45, 7) is 39.2. The third kappa shape index (κ3) is 18.1. The molecule has 6 aromatic carbocycles. The predicted octanol–water partition coefficient (Wildman–Crippen LogP) is 15.9. The molecule has 0 unspecified atom stereocenters. The molecule has 0 saturated heterocycles. The first-order valence-electron chi connectivity index (χ1n) is 31.4. The molecule has 1 aromatic heterocycles. The number of carbonyl (C=O) groups excluding carboxylic acids is 4. The molecule has 0 saturated carbocycles. The van der Waals surface area contributed by atoms with E-state index in [4.69, 9.17) is 38.1 Å². The second-order valence-corrected chi connectivity index (χ2v) is 30.0. The van der Waals surface area contributed by atoms with E-state index in [-0.39, 0.29) is 56.8 Å². The van der Waals surface area contributed by atoms with Crippen LogP contribution in [0.2, 0.25) is 0 Å². The zero-order valence-electron chi connectivity index (χ0n) is 57.0. The Kier molecular flexibility index (Phi) is 19.9. The van der Waals surface area contributed by atoms with E-state index < -0.39 is 52.1 Å². The van der Waals surface area contributed by atoms with Gasteiger partial charge in [-0.3, -0.25) is 4.79 Å². The molecule has 1 heterocycles. The number of benzene rings is 6. The van der Waals surface area contributed by atoms with Gasteiger partial charge in [-0.2, -0.15) is 0 Å². The quantitative estimate of drug-likeness (QED) is 0.0565. The molecule has 1 amide bonds. The van der Waals surface area contributed by atoms with Crippen LogP contribution in [0.15, 0.2) is 91.0 Å². The molecule has 0 aliphatic heterocycles. The van der Waals surface area contributed by atoms with E-state index >= 15 is 0 Å². The van der Waals surface area contributed by atoms with Crippen molar-refractivity contribution in [2.24, 2.45) is 0 Å². The summed E-state index contributed by atoms with van der Waals surface area (Å²) >= 11 is 0. The Hall–Kier alpha value is -8.13. The summed E-state index contributed by atoms with van der Waals surface area (Å²) in [5.41, 5.74) is 9.60. The third-order valence-corrected chi connectivity index (χ3v) is 15.1. The van der Waals surface area contributed by atoms with Crippen molar-refractivity contribution in [3.05, 3.63) is 158 Å². The molecule has 8 rings (SSSR count). The first-order valence-corrected chi connectivity index (χ1v) is 31.4. The van der Waals surface area contributed by atoms with E-state index in [1.165, 1.54) is 0 Å². The summed E-state index contributed by atoms with van der Waals surface area (Å²) in [5.74, 6) is -0.103. The van der Waals surface area contributed by atoms with Gasteiger partial charge in [-0.25, -0.2) is 19.4 Å². The molecule has 90 heavy (non-hydrogen) atoms. The highest BCUT2D eigenvalue weighted by Crippen LogP contribution is 2.44. The standard InChI is InChI=1S/C76H95N3O11/c1-21-77-59-24-22-46-28-47-23-25-60(40-62(47)79-61(46)39-59)78-63(80)41-84-68-50-29-48-26-45(2)27-49(67(48)85-42-64(81)88-74(12,13)14)30-51-34-57(72(6,7)8)37-54(69(51)86-43-65(82)89-75(15,16)17)32-55-38-58(73(9,10)11)36-53(31-52(68)35-56(33-50)71(3,4)5)70(55)87-44-66(83)90-76(18,19)20/h22-28,33-40,77H,21,29-32,41-44H2,1-20H3,(H,78,80). The Bertz CT molecular complexity index is 3850. The van der Waals surface area contributed by atoms with E-state index in [0.29, 0.717) is 28.7 Å². The summed E-state index contributed by atoms with van der Waals surface area (Å²) in [6, 6.07) is 30.9. The molecule has 1 aliphatic rings. The monoisotopic (exact) mass is 1230 g/mol. The van der Waals surface area contributed by atoms with E-state index in [0.717, 1.165) is 101 Å². The summed E-state index contributed by atoms with van der Waals surface area (Å²) in [5, 5.41) is 8.41. The van der Waals surface area contributed by atoms with Crippen molar-refractivity contribution in [2.75, 3.05) is 43.6 Å². The Morgan fingerprint density at radius 3 is 1.01 bits per heavy atom. The van der Waals surface area contributed by atoms with Crippen molar-refractivity contribution in [3.63, 3.8) is 0 Å². The number of hydrogen-bond donors (Lipinski definition) is 2. The van der Waals surface area contributed by atoms with Crippen LogP contribution in [-0.4, -0.2) is 78.6 Å². The van der Waals surface area contributed by atoms with Crippen LogP contribution < -0.4 is 29.6 Å². The zero-order valence-corrected chi connectivity index (χ0v) is 57.0. The minimum Gasteiger partial charge on any atom is -0.483 e. The Morgan fingerprint density at radius 2 is 0.700 bits per heavy atom. The number of anilines is 2. The average Bonchev–Trinajstić information content (AvgIpc) is 0.785. The van der Waals surface area contributed by atoms with Crippen molar-refractivity contribution < 1.29 is 52.3 Å². The SMILES string of the molecule is CCNc1ccc2cc3ccc(NC(=O)COc4c5cc(C(C)(C)C)cc4Cc4cc(C(C)(C)C)cc(c4OCC(=O)OC(C)(C)C)Cc4cc(C(C)(C)C)cc(c4OCC(=O)OC(C)(C)C)Cc4cc(C)cc(c4OCC(=O)OC(C)(C)C)C5)cc3nc2c1. The number of fused-ring (bicyclic) bond motifs is 10. The Labute approximate surface area is 533 Å². The molecule has 1 aliphatic carbocycles. The smallest absolute Gasteiger partial charge is 0.344 e. The lowest BCUT2D eigenvalue weighted by Gasteiger charge is -2.29. The molecule has 0 spiro atoms. The second kappa shape index (κ2) is 26.4. The highest BCUT2D eigenvalue weighted by atomic mass is 16.6. The number of aryl methyl sites for hydroxylation is 1. The molecule has 14 heteroatoms. The number of aromatic nitrogens is 1. The van der Waals surface area contributed by atoms with E-state index in [9.17, 15) is 19.2 Å². The highest BCUT2D eigenvalue weighted by molar-refractivity contribution is 5.98. The first-order chi connectivity index (χ1) is 41.8. The molecule has 0 atom stereocenters. The number of carbonyl (C=O) groups is 4. The maximum absolute atomic E-state index is 14.5. The van der Waals surface area contributed by atoms with Gasteiger partial charge in [0.25, 0.3) is 5.91 Å². The van der Waals surface area contributed by atoms with Crippen molar-refractivity contribution in [2.45, 2.75) is 197 Å². The van der Waals surface area contributed by atoms with Crippen LogP contribution in [0, 0.1) is 6.92 Å². The van der Waals surface area contributed by atoms with Gasteiger partial charge in [0.05, 0.1) is 11.0 Å². The van der Waals surface area contributed by atoms with Gasteiger partial charge in [0, 0.05) is 54.4 Å². The molecule has 8 bridgehead atoms. The van der Waals surface area contributed by atoms with Gasteiger partial charge in [0.15, 0.2) is 26.4 Å². The van der Waals surface area contributed by atoms with Crippen molar-refractivity contribution in [3.8, 4) is 23.0 Å². The summed E-state index contributed by atoms with van der Waals surface area (Å²) in [7, 11) is 0. The molecule has 14 nitrogen and oxygen atoms in total. The van der Waals surface area contributed by atoms with Gasteiger partial charge in [0.1, 0.15) is 39.8 Å². The molecular formula is C76H95N3O11. The van der Waals surface area contributed by atoms with E-state index in [2.05, 4.69) is 141 Å². The lowest BCUT2D eigenvalue weighted by Crippen LogP contribution is -2.28. The maximum atomic E-state index is 14.5. The number of ether oxygens (including phenoxy) is 7. The summed E-state index contributed by atoms with van der Waals surface area (Å²) in [4.78, 5) is 60.9. The number of rotatable bonds is 15. The van der Waals surface area contributed by atoms with Crippen LogP contribution >= 0.6 is 0 Å². The van der Waals surface area contributed by atoms with Crippen molar-refractivity contribution >= 4 is 57.0 Å². The molecule has 7 aromatic rings. The van der Waals surface area contributed by atoms with Gasteiger partial charge < -0.3 is 43.8 Å². The second-order valence-electron chi connectivity index (χ2n) is 30.0. The van der Waals surface area contributed by atoms with Gasteiger partial charge in [0.2, 0.25) is 0 Å².